The van der Waals surface area contributed by atoms with Crippen molar-refractivity contribution in [2.75, 3.05) is 0 Å². The fourth-order valence-corrected chi connectivity index (χ4v) is 1.17. The molecule has 2 N–H and O–H groups in total. The predicted octanol–water partition coefficient (Wildman–Crippen LogP) is -1.90. The van der Waals surface area contributed by atoms with Gasteiger partial charge >= 0.3 is 26.2 Å². The van der Waals surface area contributed by atoms with Crippen LogP contribution < -0.4 is 24.8 Å². The Labute approximate surface area is 153 Å². The average Bonchev–Trinajstić information content (AvgIpc) is 2.28. The van der Waals surface area contributed by atoms with E-state index >= 15 is 0 Å². The molecule has 0 radical (unpaired) electrons. The van der Waals surface area contributed by atoms with Gasteiger partial charge in [0.15, 0.2) is 0 Å². The van der Waals surface area contributed by atoms with Crippen molar-refractivity contribution >= 4 is 23.2 Å². The van der Waals surface area contributed by atoms with E-state index in [9.17, 15) is 0 Å². The Morgan fingerprint density at radius 3 is 1.05 bits per heavy atom. The van der Waals surface area contributed by atoms with Crippen LogP contribution in [0.4, 0.5) is 0 Å². The first-order chi connectivity index (χ1) is 7.61. The first-order valence-electron chi connectivity index (χ1n) is 4.48. The van der Waals surface area contributed by atoms with Gasteiger partial charge in [0.25, 0.3) is 0 Å². The van der Waals surface area contributed by atoms with Crippen molar-refractivity contribution in [3.8, 4) is 11.5 Å². The summed E-state index contributed by atoms with van der Waals surface area (Å²) in [7, 11) is 0. The summed E-state index contributed by atoms with van der Waals surface area (Å²) < 4.78 is 0. The minimum atomic E-state index is 0. The molecule has 0 aliphatic heterocycles. The van der Waals surface area contributed by atoms with Gasteiger partial charge in [-0.15, -0.1) is 0 Å². The third-order valence-corrected chi connectivity index (χ3v) is 2.34. The molecule has 0 aliphatic carbocycles. The molecule has 2 nitrogen and oxygen atoms in total. The van der Waals surface area contributed by atoms with Crippen LogP contribution >= 0.6 is 23.2 Å². The van der Waals surface area contributed by atoms with Crippen molar-refractivity contribution in [2.24, 2.45) is 0 Å². The standard InChI is InChI=1S/2C6H5ClO.2ClH.Zr/c2*7-5-3-1-2-4-6(5)8;;;/h2*1-4,8H;2*1H;/q;;;;+2/p-2. The van der Waals surface area contributed by atoms with E-state index in [4.69, 9.17) is 33.4 Å². The van der Waals surface area contributed by atoms with Gasteiger partial charge in [-0.2, -0.15) is 0 Å². The minimum absolute atomic E-state index is 0. The smallest absolute Gasteiger partial charge is 1.00 e. The summed E-state index contributed by atoms with van der Waals surface area (Å²) in [5.74, 6) is 0.267. The molecule has 0 heterocycles. The molecule has 2 aromatic carbocycles. The van der Waals surface area contributed by atoms with Gasteiger partial charge in [-0.05, 0) is 24.3 Å². The fourth-order valence-electron chi connectivity index (χ4n) is 0.903. The second kappa shape index (κ2) is 13.1. The van der Waals surface area contributed by atoms with Gasteiger partial charge in [0.2, 0.25) is 0 Å². The molecule has 0 fully saturated rings. The second-order valence-electron chi connectivity index (χ2n) is 2.90. The molecule has 0 amide bonds. The number of hydrogen-bond donors (Lipinski definition) is 2. The van der Waals surface area contributed by atoms with Crippen molar-refractivity contribution < 1.29 is 61.2 Å². The predicted molar refractivity (Wildman–Crippen MR) is 66.2 cm³/mol. The van der Waals surface area contributed by atoms with Gasteiger partial charge in [0, 0.05) is 0 Å². The Hall–Kier alpha value is 0.0831. The van der Waals surface area contributed by atoms with Gasteiger partial charge in [0.1, 0.15) is 11.5 Å². The number of aromatic hydroxyl groups is 2. The van der Waals surface area contributed by atoms with Crippen LogP contribution in [0.15, 0.2) is 48.5 Å². The van der Waals surface area contributed by atoms with E-state index in [0.29, 0.717) is 10.0 Å². The van der Waals surface area contributed by atoms with E-state index in [1.807, 2.05) is 0 Å². The zero-order valence-electron chi connectivity index (χ0n) is 9.53. The minimum Gasteiger partial charge on any atom is -1.00 e. The quantitative estimate of drug-likeness (QED) is 0.524. The molecule has 0 unspecified atom stereocenters. The van der Waals surface area contributed by atoms with Crippen molar-refractivity contribution in [1.29, 1.82) is 0 Å². The zero-order valence-corrected chi connectivity index (χ0v) is 15.0. The molecule has 2 aromatic rings. The fraction of sp³-hybridized carbons (Fsp3) is 0. The van der Waals surface area contributed by atoms with E-state index < -0.39 is 0 Å². The Morgan fingerprint density at radius 2 is 0.895 bits per heavy atom. The number of para-hydroxylation sites is 2. The summed E-state index contributed by atoms with van der Waals surface area (Å²) in [6, 6.07) is 13.3. The Bertz CT molecular complexity index is 383. The molecule has 0 saturated heterocycles. The number of hydrogen-bond acceptors (Lipinski definition) is 2. The number of phenols is 2. The Morgan fingerprint density at radius 1 is 0.632 bits per heavy atom. The molecule has 0 aliphatic rings. The van der Waals surface area contributed by atoms with Gasteiger partial charge in [-0.3, -0.25) is 0 Å². The van der Waals surface area contributed by atoms with E-state index in [-0.39, 0.29) is 62.5 Å². The van der Waals surface area contributed by atoms with Crippen LogP contribution in [0.1, 0.15) is 0 Å². The molecule has 7 heteroatoms. The van der Waals surface area contributed by atoms with Crippen LogP contribution in [-0.2, 0) is 26.2 Å². The molecule has 19 heavy (non-hydrogen) atoms. The summed E-state index contributed by atoms with van der Waals surface area (Å²) in [6.07, 6.45) is 0. The van der Waals surface area contributed by atoms with Crippen LogP contribution in [0.5, 0.6) is 11.5 Å². The molecule has 0 aromatic heterocycles. The van der Waals surface area contributed by atoms with E-state index in [0.717, 1.165) is 0 Å². The van der Waals surface area contributed by atoms with Crippen molar-refractivity contribution in [3.63, 3.8) is 0 Å². The molecule has 2 rings (SSSR count). The molecule has 0 bridgehead atoms. The summed E-state index contributed by atoms with van der Waals surface area (Å²) in [5, 5.41) is 18.4. The zero-order chi connectivity index (χ0) is 12.0. The average molecular weight is 419 g/mol. The van der Waals surface area contributed by atoms with Gasteiger partial charge < -0.3 is 35.0 Å². The van der Waals surface area contributed by atoms with Gasteiger partial charge in [0.05, 0.1) is 10.0 Å². The molecular formula is C12H10Cl4O2Zr. The largest absolute Gasteiger partial charge is 2.00 e. The monoisotopic (exact) mass is 416 g/mol. The topological polar surface area (TPSA) is 40.5 Å². The van der Waals surface area contributed by atoms with Crippen LogP contribution in [0.2, 0.25) is 10.0 Å². The van der Waals surface area contributed by atoms with Crippen molar-refractivity contribution in [1.82, 2.24) is 0 Å². The number of rotatable bonds is 0. The maximum atomic E-state index is 8.79. The second-order valence-corrected chi connectivity index (χ2v) is 3.72. The molecular weight excluding hydrogens is 409 g/mol. The normalized spacial score (nSPS) is 7.68. The Kier molecular flexibility index (Phi) is 16.6. The first kappa shape index (κ1) is 24.1. The van der Waals surface area contributed by atoms with Crippen LogP contribution in [0, 0.1) is 0 Å². The van der Waals surface area contributed by atoms with Gasteiger partial charge in [-0.1, -0.05) is 47.5 Å². The van der Waals surface area contributed by atoms with E-state index in [1.165, 1.54) is 0 Å². The number of benzene rings is 2. The summed E-state index contributed by atoms with van der Waals surface area (Å²) >= 11 is 10.9. The van der Waals surface area contributed by atoms with Gasteiger partial charge in [-0.25, -0.2) is 0 Å². The summed E-state index contributed by atoms with van der Waals surface area (Å²) in [5.41, 5.74) is 0. The SMILES string of the molecule is Oc1ccccc1Cl.Oc1ccccc1Cl.[Cl-].[Cl-].[Zr+2]. The third kappa shape index (κ3) is 9.59. The van der Waals surface area contributed by atoms with E-state index in [2.05, 4.69) is 0 Å². The molecule has 0 saturated carbocycles. The number of phenolic OH excluding ortho intramolecular Hbond substituents is 2. The maximum absolute atomic E-state index is 8.79. The van der Waals surface area contributed by atoms with Crippen molar-refractivity contribution in [3.05, 3.63) is 58.6 Å². The first-order valence-corrected chi connectivity index (χ1v) is 5.24. The van der Waals surface area contributed by atoms with Crippen molar-refractivity contribution in [2.45, 2.75) is 0 Å². The Balaban J connectivity index is -0.000000233. The summed E-state index contributed by atoms with van der Waals surface area (Å²) in [6.45, 7) is 0. The molecule has 102 valence electrons. The summed E-state index contributed by atoms with van der Waals surface area (Å²) in [4.78, 5) is 0. The maximum Gasteiger partial charge on any atom is 2.00 e. The third-order valence-electron chi connectivity index (χ3n) is 1.70. The van der Waals surface area contributed by atoms with Crippen LogP contribution in [-0.4, -0.2) is 10.2 Å². The number of halogens is 4. The van der Waals surface area contributed by atoms with Crippen LogP contribution in [0.25, 0.3) is 0 Å². The van der Waals surface area contributed by atoms with E-state index in [1.54, 1.807) is 48.5 Å². The molecule has 0 spiro atoms. The van der Waals surface area contributed by atoms with Crippen LogP contribution in [0.3, 0.4) is 0 Å². The molecule has 0 atom stereocenters.